The fourth-order valence-electron chi connectivity index (χ4n) is 12.3. The van der Waals surface area contributed by atoms with Gasteiger partial charge >= 0.3 is 6.01 Å². The zero-order chi connectivity index (χ0) is 43.0. The van der Waals surface area contributed by atoms with Gasteiger partial charge in [0.05, 0.1) is 17.1 Å². The molecule has 0 N–H and O–H groups in total. The van der Waals surface area contributed by atoms with Gasteiger partial charge in [0, 0.05) is 37.6 Å². The molecule has 4 fully saturated rings. The van der Waals surface area contributed by atoms with E-state index in [9.17, 15) is 4.39 Å². The molecule has 2 aromatic heterocycles. The molecule has 0 amide bonds. The molecule has 2 bridgehead atoms. The molecule has 61 heavy (non-hydrogen) atoms. The fraction of sp³-hybridized carbons (Fsp3) is 0.604. The summed E-state index contributed by atoms with van der Waals surface area (Å²) < 4.78 is 74.1. The molecular weight excluding hydrogens is 796 g/mol. The smallest absolute Gasteiger partial charge is 0.319 e. The van der Waals surface area contributed by atoms with Gasteiger partial charge in [-0.2, -0.15) is 9.97 Å². The van der Waals surface area contributed by atoms with Gasteiger partial charge in [0.15, 0.2) is 12.6 Å². The molecule has 6 heterocycles. The Bertz CT molecular complexity index is 2380. The maximum Gasteiger partial charge on any atom is 0.319 e. The van der Waals surface area contributed by atoms with Crippen LogP contribution in [0.2, 0.25) is 16.6 Å². The number of hydrogen-bond acceptors (Lipinski definition) is 9. The van der Waals surface area contributed by atoms with Crippen molar-refractivity contribution in [2.24, 2.45) is 11.8 Å². The van der Waals surface area contributed by atoms with Gasteiger partial charge in [-0.1, -0.05) is 60.5 Å². The first kappa shape index (κ1) is 42.2. The Labute approximate surface area is 359 Å². The number of aromatic nitrogens is 3. The van der Waals surface area contributed by atoms with E-state index in [1.54, 1.807) is 18.2 Å². The molecule has 5 aliphatic rings. The molecular formula is C48H60F3N5O4Si. The average molecular weight is 856 g/mol. The minimum absolute atomic E-state index is 0.00339. The number of hydrogen-bond donors (Lipinski definition) is 0. The maximum absolute atomic E-state index is 18.1. The lowest BCUT2D eigenvalue weighted by atomic mass is 9.86. The third kappa shape index (κ3) is 7.03. The van der Waals surface area contributed by atoms with Crippen LogP contribution in [0.1, 0.15) is 99.0 Å². The summed E-state index contributed by atoms with van der Waals surface area (Å²) in [4.78, 5) is 19.5. The zero-order valence-electron chi connectivity index (χ0n) is 36.9. The van der Waals surface area contributed by atoms with Crippen molar-refractivity contribution < 1.29 is 32.1 Å². The monoisotopic (exact) mass is 855 g/mol. The Morgan fingerprint density at radius 3 is 2.51 bits per heavy atom. The second-order valence-corrected chi connectivity index (χ2v) is 24.9. The van der Waals surface area contributed by atoms with E-state index < -0.39 is 31.4 Å². The number of anilines is 1. The molecule has 326 valence electrons. The van der Waals surface area contributed by atoms with Crippen LogP contribution in [0.3, 0.4) is 0 Å². The first-order valence-corrected chi connectivity index (χ1v) is 24.8. The van der Waals surface area contributed by atoms with Crippen molar-refractivity contribution in [3.05, 3.63) is 41.5 Å². The number of rotatable bonds is 11. The van der Waals surface area contributed by atoms with Crippen molar-refractivity contribution in [1.82, 2.24) is 19.9 Å². The molecule has 2 aromatic carbocycles. The van der Waals surface area contributed by atoms with Crippen molar-refractivity contribution in [2.75, 3.05) is 45.0 Å². The van der Waals surface area contributed by atoms with Gasteiger partial charge in [0.1, 0.15) is 60.9 Å². The number of benzene rings is 2. The zero-order valence-corrected chi connectivity index (χ0v) is 37.9. The summed E-state index contributed by atoms with van der Waals surface area (Å²) in [7, 11) is -0.790. The van der Waals surface area contributed by atoms with Gasteiger partial charge in [-0.3, -0.25) is 4.90 Å². The number of ether oxygens (including phenoxy) is 4. The van der Waals surface area contributed by atoms with Gasteiger partial charge < -0.3 is 23.8 Å². The Kier molecular flexibility index (Phi) is 11.2. The molecule has 3 saturated heterocycles. The number of methoxy groups -OCH3 is 1. The Morgan fingerprint density at radius 2 is 1.77 bits per heavy atom. The number of pyridine rings is 1. The summed E-state index contributed by atoms with van der Waals surface area (Å²) in [5.41, 5.74) is 4.64. The number of alkyl halides is 1. The van der Waals surface area contributed by atoms with Crippen LogP contribution in [0.15, 0.2) is 24.3 Å². The minimum atomic E-state index is -2.32. The van der Waals surface area contributed by atoms with E-state index in [0.29, 0.717) is 81.1 Å². The Morgan fingerprint density at radius 1 is 0.984 bits per heavy atom. The summed E-state index contributed by atoms with van der Waals surface area (Å²) in [5.74, 6) is 4.21. The van der Waals surface area contributed by atoms with Crippen molar-refractivity contribution in [3.63, 3.8) is 0 Å². The molecule has 0 unspecified atom stereocenters. The van der Waals surface area contributed by atoms with Gasteiger partial charge in [-0.15, -0.1) is 5.54 Å². The molecule has 1 aliphatic carbocycles. The second kappa shape index (κ2) is 16.2. The van der Waals surface area contributed by atoms with E-state index in [2.05, 4.69) is 69.7 Å². The third-order valence-corrected chi connectivity index (χ3v) is 21.3. The summed E-state index contributed by atoms with van der Waals surface area (Å²) in [5, 5.41) is 1.44. The van der Waals surface area contributed by atoms with Crippen LogP contribution in [-0.2, 0) is 4.74 Å². The summed E-state index contributed by atoms with van der Waals surface area (Å²) in [6, 6.07) is 6.61. The predicted octanol–water partition coefficient (Wildman–Crippen LogP) is 10.4. The molecule has 9 nitrogen and oxygen atoms in total. The highest BCUT2D eigenvalue weighted by Gasteiger charge is 2.51. The Hall–Kier alpha value is -4.12. The first-order chi connectivity index (χ1) is 29.3. The van der Waals surface area contributed by atoms with Crippen molar-refractivity contribution >= 4 is 35.6 Å². The minimum Gasteiger partial charge on any atom is -0.472 e. The predicted molar refractivity (Wildman–Crippen MR) is 236 cm³/mol. The van der Waals surface area contributed by atoms with Crippen molar-refractivity contribution in [1.29, 1.82) is 0 Å². The second-order valence-electron chi connectivity index (χ2n) is 19.3. The normalized spacial score (nSPS) is 25.9. The first-order valence-electron chi connectivity index (χ1n) is 22.6. The van der Waals surface area contributed by atoms with Gasteiger partial charge in [-0.25, -0.2) is 18.2 Å². The summed E-state index contributed by atoms with van der Waals surface area (Å²) in [6.45, 7) is 17.5. The number of piperidine rings is 1. The highest BCUT2D eigenvalue weighted by atomic mass is 28.3. The van der Waals surface area contributed by atoms with Gasteiger partial charge in [-0.05, 0) is 97.1 Å². The topological polar surface area (TPSA) is 82.1 Å². The van der Waals surface area contributed by atoms with Crippen LogP contribution >= 0.6 is 0 Å². The SMILES string of the molecule is CC[C@@H]1Oc2nc(-c3cc(OCOC)cc4ccc(F)c(C#C[Si](C(C)C)(C(C)C)C(C)C)c34)c(F)c3nc(OC[C@@]45CCCN4C[C@H](F)C5)nc(c23)N2C[C@H]3CC[C@H](C3)[C@@H]12. The molecule has 9 rings (SSSR count). The molecule has 4 aliphatic heterocycles. The molecule has 13 heteroatoms. The van der Waals surface area contributed by atoms with Gasteiger partial charge in [0.25, 0.3) is 0 Å². The fourth-order valence-corrected chi connectivity index (χ4v) is 17.5. The van der Waals surface area contributed by atoms with Gasteiger partial charge in [0.2, 0.25) is 5.88 Å². The quantitative estimate of drug-likeness (QED) is 0.0832. The van der Waals surface area contributed by atoms with E-state index in [-0.39, 0.29) is 54.2 Å². The summed E-state index contributed by atoms with van der Waals surface area (Å²) in [6.07, 6.45) is 5.00. The molecule has 1 saturated carbocycles. The lowest BCUT2D eigenvalue weighted by molar-refractivity contribution is 0.0512. The van der Waals surface area contributed by atoms with Crippen LogP contribution in [0, 0.1) is 34.9 Å². The molecule has 4 aromatic rings. The van der Waals surface area contributed by atoms with E-state index in [1.807, 2.05) is 0 Å². The largest absolute Gasteiger partial charge is 0.472 e. The molecule has 6 atom stereocenters. The van der Waals surface area contributed by atoms with Crippen LogP contribution < -0.4 is 19.1 Å². The van der Waals surface area contributed by atoms with Crippen LogP contribution in [0.5, 0.6) is 17.6 Å². The van der Waals surface area contributed by atoms with Crippen molar-refractivity contribution in [3.8, 4) is 40.4 Å². The maximum atomic E-state index is 18.1. The van der Waals surface area contributed by atoms with E-state index >= 15 is 8.78 Å². The highest BCUT2D eigenvalue weighted by molar-refractivity contribution is 6.90. The number of fused-ring (bicyclic) bond motifs is 7. The number of nitrogens with zero attached hydrogens (tertiary/aromatic N) is 5. The van der Waals surface area contributed by atoms with Crippen LogP contribution in [-0.4, -0.2) is 91.9 Å². The molecule has 0 spiro atoms. The summed E-state index contributed by atoms with van der Waals surface area (Å²) >= 11 is 0. The van der Waals surface area contributed by atoms with E-state index in [4.69, 9.17) is 33.9 Å². The lowest BCUT2D eigenvalue weighted by Crippen LogP contribution is -2.53. The lowest BCUT2D eigenvalue weighted by Gasteiger charge is -2.43. The van der Waals surface area contributed by atoms with Crippen LogP contribution in [0.4, 0.5) is 19.0 Å². The Balaban J connectivity index is 1.29. The highest BCUT2D eigenvalue weighted by Crippen LogP contribution is 2.51. The number of halogens is 3. The third-order valence-electron chi connectivity index (χ3n) is 15.1. The van der Waals surface area contributed by atoms with E-state index in [0.717, 1.165) is 45.2 Å². The van der Waals surface area contributed by atoms with Crippen LogP contribution in [0.25, 0.3) is 32.9 Å². The van der Waals surface area contributed by atoms with Crippen molar-refractivity contribution in [2.45, 2.75) is 134 Å². The molecule has 0 radical (unpaired) electrons. The van der Waals surface area contributed by atoms with E-state index in [1.165, 1.54) is 13.2 Å². The average Bonchev–Trinajstić information content (AvgIpc) is 3.87. The standard InChI is InChI=1S/C48H60F3N5O4Si/c1-9-38-44-32-12-11-30(19-32)23-56(44)45-40-43(53-47(54-45)58-25-48-16-10-17-55(48)24-33(49)22-48)41(51)42(52-46(40)60-38)36-21-34(59-26-57-8)20-31-13-14-37(50)35(39(31)36)15-18-61(27(2)3,28(4)5)29(6)7/h13-14,20-21,27-30,32-33,38,44H,9-12,16-17,19,22-26H2,1-8H3/t30-,32+,33+,38-,44-,48-/m0/s1.